The van der Waals surface area contributed by atoms with E-state index in [0.717, 1.165) is 25.9 Å². The minimum atomic E-state index is 0.126. The van der Waals surface area contributed by atoms with Gasteiger partial charge in [-0.2, -0.15) is 0 Å². The van der Waals surface area contributed by atoms with Gasteiger partial charge in [-0.15, -0.1) is 11.3 Å². The van der Waals surface area contributed by atoms with Gasteiger partial charge >= 0.3 is 0 Å². The summed E-state index contributed by atoms with van der Waals surface area (Å²) in [5.74, 6) is 0.126. The quantitative estimate of drug-likeness (QED) is 0.875. The molecule has 2 rings (SSSR count). The van der Waals surface area contributed by atoms with Gasteiger partial charge in [0.2, 0.25) is 5.91 Å². The molecular formula is C13H19NO2S. The van der Waals surface area contributed by atoms with Crippen LogP contribution in [0.25, 0.3) is 0 Å². The fourth-order valence-corrected chi connectivity index (χ4v) is 2.82. The molecule has 2 heterocycles. The minimum Gasteiger partial charge on any atom is -0.376 e. The monoisotopic (exact) mass is 253 g/mol. The fraction of sp³-hybridized carbons (Fsp3) is 0.615. The molecule has 1 aliphatic heterocycles. The highest BCUT2D eigenvalue weighted by Crippen LogP contribution is 2.16. The van der Waals surface area contributed by atoms with E-state index in [9.17, 15) is 4.79 Å². The molecule has 0 radical (unpaired) electrons. The number of amides is 1. The van der Waals surface area contributed by atoms with Gasteiger partial charge in [-0.05, 0) is 37.6 Å². The fourth-order valence-electron chi connectivity index (χ4n) is 2.11. The van der Waals surface area contributed by atoms with Crippen molar-refractivity contribution in [3.8, 4) is 0 Å². The highest BCUT2D eigenvalue weighted by atomic mass is 32.1. The van der Waals surface area contributed by atoms with E-state index < -0.39 is 0 Å². The summed E-state index contributed by atoms with van der Waals surface area (Å²) in [7, 11) is 0. The number of nitrogens with one attached hydrogen (secondary N) is 1. The van der Waals surface area contributed by atoms with Crippen LogP contribution < -0.4 is 5.32 Å². The van der Waals surface area contributed by atoms with Gasteiger partial charge in [-0.3, -0.25) is 4.79 Å². The third kappa shape index (κ3) is 3.82. The van der Waals surface area contributed by atoms with Crippen LogP contribution in [-0.4, -0.2) is 24.7 Å². The van der Waals surface area contributed by atoms with E-state index in [1.54, 1.807) is 11.3 Å². The van der Waals surface area contributed by atoms with E-state index in [0.29, 0.717) is 6.42 Å². The Balaban J connectivity index is 1.69. The molecule has 0 saturated carbocycles. The first kappa shape index (κ1) is 12.6. The van der Waals surface area contributed by atoms with Gasteiger partial charge in [0.1, 0.15) is 0 Å². The summed E-state index contributed by atoms with van der Waals surface area (Å²) in [6.07, 6.45) is 3.78. The summed E-state index contributed by atoms with van der Waals surface area (Å²) in [6, 6.07) is 4.22. The molecule has 3 nitrogen and oxygen atoms in total. The topological polar surface area (TPSA) is 38.3 Å². The molecule has 17 heavy (non-hydrogen) atoms. The summed E-state index contributed by atoms with van der Waals surface area (Å²) in [6.45, 7) is 2.86. The first-order valence-electron chi connectivity index (χ1n) is 6.19. The van der Waals surface area contributed by atoms with E-state index in [2.05, 4.69) is 11.4 Å². The zero-order valence-electron chi connectivity index (χ0n) is 10.1. The van der Waals surface area contributed by atoms with E-state index in [4.69, 9.17) is 4.74 Å². The number of carbonyl (C=O) groups is 1. The van der Waals surface area contributed by atoms with Gasteiger partial charge in [0.15, 0.2) is 0 Å². The molecule has 1 fully saturated rings. The lowest BCUT2D eigenvalue weighted by molar-refractivity contribution is -0.122. The van der Waals surface area contributed by atoms with Crippen LogP contribution in [0.1, 0.15) is 31.1 Å². The van der Waals surface area contributed by atoms with Crippen LogP contribution in [0, 0.1) is 0 Å². The van der Waals surface area contributed by atoms with Crippen LogP contribution in [0.5, 0.6) is 0 Å². The standard InChI is InChI=1S/C13H19NO2S/c1-10(12-5-2-8-16-12)14-13(15)7-6-11-4-3-9-17-11/h3-4,9-10,12H,2,5-8H2,1H3,(H,14,15)/t10-,12+/m1/s1. The second-order valence-electron chi connectivity index (χ2n) is 4.49. The Morgan fingerprint density at radius 2 is 2.59 bits per heavy atom. The molecule has 0 unspecified atom stereocenters. The predicted octanol–water partition coefficient (Wildman–Crippen LogP) is 2.36. The smallest absolute Gasteiger partial charge is 0.220 e. The number of ether oxygens (including phenoxy) is 1. The third-order valence-electron chi connectivity index (χ3n) is 3.09. The molecule has 1 saturated heterocycles. The van der Waals surface area contributed by atoms with Crippen molar-refractivity contribution in [3.63, 3.8) is 0 Å². The largest absolute Gasteiger partial charge is 0.376 e. The normalized spacial score (nSPS) is 21.4. The molecular weight excluding hydrogens is 234 g/mol. The van der Waals surface area contributed by atoms with Crippen LogP contribution in [0.2, 0.25) is 0 Å². The summed E-state index contributed by atoms with van der Waals surface area (Å²) < 4.78 is 5.55. The van der Waals surface area contributed by atoms with Crippen LogP contribution >= 0.6 is 11.3 Å². The van der Waals surface area contributed by atoms with Crippen molar-refractivity contribution in [2.24, 2.45) is 0 Å². The molecule has 2 atom stereocenters. The van der Waals surface area contributed by atoms with Gasteiger partial charge in [-0.25, -0.2) is 0 Å². The van der Waals surface area contributed by atoms with E-state index in [1.165, 1.54) is 4.88 Å². The van der Waals surface area contributed by atoms with Crippen molar-refractivity contribution in [3.05, 3.63) is 22.4 Å². The average molecular weight is 253 g/mol. The van der Waals surface area contributed by atoms with Gasteiger partial charge in [0.05, 0.1) is 12.1 Å². The van der Waals surface area contributed by atoms with Crippen molar-refractivity contribution in [2.75, 3.05) is 6.61 Å². The Labute approximate surface area is 106 Å². The zero-order chi connectivity index (χ0) is 12.1. The number of carbonyl (C=O) groups excluding carboxylic acids is 1. The van der Waals surface area contributed by atoms with Crippen molar-refractivity contribution in [2.45, 2.75) is 44.8 Å². The second-order valence-corrected chi connectivity index (χ2v) is 5.52. The minimum absolute atomic E-state index is 0.126. The van der Waals surface area contributed by atoms with Gasteiger partial charge in [-0.1, -0.05) is 6.07 Å². The van der Waals surface area contributed by atoms with E-state index in [1.807, 2.05) is 18.4 Å². The van der Waals surface area contributed by atoms with Gasteiger partial charge in [0, 0.05) is 17.9 Å². The SMILES string of the molecule is C[C@@H](NC(=O)CCc1cccs1)[C@@H]1CCCO1. The molecule has 94 valence electrons. The first-order chi connectivity index (χ1) is 8.25. The van der Waals surface area contributed by atoms with Gasteiger partial charge < -0.3 is 10.1 Å². The molecule has 1 amide bonds. The maximum atomic E-state index is 11.7. The number of rotatable bonds is 5. The Bertz CT molecular complexity index is 344. The lowest BCUT2D eigenvalue weighted by atomic mass is 10.1. The second kappa shape index (κ2) is 6.17. The van der Waals surface area contributed by atoms with E-state index >= 15 is 0 Å². The summed E-state index contributed by atoms with van der Waals surface area (Å²) in [4.78, 5) is 13.0. The Morgan fingerprint density at radius 1 is 1.71 bits per heavy atom. The van der Waals surface area contributed by atoms with Crippen LogP contribution in [-0.2, 0) is 16.0 Å². The summed E-state index contributed by atoms with van der Waals surface area (Å²) in [5.41, 5.74) is 0. The third-order valence-corrected chi connectivity index (χ3v) is 4.03. The van der Waals surface area contributed by atoms with Crippen LogP contribution in [0.4, 0.5) is 0 Å². The lowest BCUT2D eigenvalue weighted by Crippen LogP contribution is -2.40. The first-order valence-corrected chi connectivity index (χ1v) is 7.07. The number of thiophene rings is 1. The van der Waals surface area contributed by atoms with E-state index in [-0.39, 0.29) is 18.1 Å². The van der Waals surface area contributed by atoms with Crippen molar-refractivity contribution in [1.29, 1.82) is 0 Å². The maximum Gasteiger partial charge on any atom is 0.220 e. The van der Waals surface area contributed by atoms with Crippen LogP contribution in [0.15, 0.2) is 17.5 Å². The zero-order valence-corrected chi connectivity index (χ0v) is 11.0. The molecule has 0 aromatic carbocycles. The number of aryl methyl sites for hydroxylation is 1. The molecule has 0 spiro atoms. The Hall–Kier alpha value is -0.870. The van der Waals surface area contributed by atoms with Crippen molar-refractivity contribution in [1.82, 2.24) is 5.32 Å². The Morgan fingerprint density at radius 3 is 3.24 bits per heavy atom. The highest BCUT2D eigenvalue weighted by Gasteiger charge is 2.23. The molecule has 1 aromatic heterocycles. The predicted molar refractivity (Wildman–Crippen MR) is 69.2 cm³/mol. The van der Waals surface area contributed by atoms with Crippen LogP contribution in [0.3, 0.4) is 0 Å². The molecule has 1 aromatic rings. The highest BCUT2D eigenvalue weighted by molar-refractivity contribution is 7.09. The summed E-state index contributed by atoms with van der Waals surface area (Å²) >= 11 is 1.70. The number of hydrogen-bond donors (Lipinski definition) is 1. The van der Waals surface area contributed by atoms with Crippen molar-refractivity contribution < 1.29 is 9.53 Å². The number of hydrogen-bond acceptors (Lipinski definition) is 3. The molecule has 1 N–H and O–H groups in total. The van der Waals surface area contributed by atoms with Gasteiger partial charge in [0.25, 0.3) is 0 Å². The molecule has 0 bridgehead atoms. The lowest BCUT2D eigenvalue weighted by Gasteiger charge is -2.19. The molecule has 4 heteroatoms. The Kier molecular flexibility index (Phi) is 4.57. The van der Waals surface area contributed by atoms with Crippen molar-refractivity contribution >= 4 is 17.2 Å². The molecule has 1 aliphatic rings. The maximum absolute atomic E-state index is 11.7. The average Bonchev–Trinajstić information content (AvgIpc) is 2.99. The summed E-state index contributed by atoms with van der Waals surface area (Å²) in [5, 5.41) is 5.07. The molecule has 0 aliphatic carbocycles.